The van der Waals surface area contributed by atoms with Crippen molar-refractivity contribution in [2.24, 2.45) is 0 Å². The monoisotopic (exact) mass is 1920 g/mol. The van der Waals surface area contributed by atoms with E-state index in [4.69, 9.17) is 22.1 Å². The van der Waals surface area contributed by atoms with Crippen molar-refractivity contribution in [1.82, 2.24) is 29.9 Å². The molecule has 0 radical (unpaired) electrons. The van der Waals surface area contributed by atoms with Crippen LogP contribution < -0.4 is 0 Å². The van der Waals surface area contributed by atoms with E-state index in [0.29, 0.717) is 0 Å². The van der Waals surface area contributed by atoms with E-state index in [1.807, 2.05) is 190 Å². The van der Waals surface area contributed by atoms with Crippen LogP contribution in [0.25, 0.3) is 189 Å². The van der Waals surface area contributed by atoms with Gasteiger partial charge in [-0.1, -0.05) is 212 Å². The molecule has 2 aliphatic carbocycles. The molecule has 12 aromatic carbocycles. The summed E-state index contributed by atoms with van der Waals surface area (Å²) >= 11 is 16.1. The number of benzene rings is 12. The SMILES string of the molecule is C1=Cc2[nH]ccc2C1.C1=Cc2occc2C1.c1cc2occc2o1.c1cc2sccc2s1.c1ccc2[nH]ccc2c1.c1ccc2c(c1)ccc1cccnc12.c1ccc2c(c1)oc1ccccc12.c1ccc2c(c1)sc1c3ccccc3sc21.c1ccc2cc3c(cc2c1)sc1c2cc4ccccc4cc2sc31.c1ccc2occc2c1.c1ccoc1.c1cscn1.c1nc2scnc2s1. The van der Waals surface area contributed by atoms with Crippen molar-refractivity contribution in [3.63, 3.8) is 0 Å². The molecule has 0 saturated carbocycles. The fourth-order valence-electron chi connectivity index (χ4n) is 15.5. The quantitative estimate of drug-likeness (QED) is 0.140. The molecule has 0 saturated heterocycles. The summed E-state index contributed by atoms with van der Waals surface area (Å²) in [6, 6.07) is 113. The number of fused-ring (bicyclic) bond motifs is 25. The number of nitrogens with one attached hydrogen (secondary N) is 2. The van der Waals surface area contributed by atoms with E-state index in [9.17, 15) is 0 Å². The molecule has 0 fully saturated rings. The molecule has 32 rings (SSSR count). The summed E-state index contributed by atoms with van der Waals surface area (Å²) in [6.07, 6.45) is 28.0. The summed E-state index contributed by atoms with van der Waals surface area (Å²) in [5, 5.41) is 25.6. The molecule has 135 heavy (non-hydrogen) atoms. The van der Waals surface area contributed by atoms with Gasteiger partial charge in [0, 0.05) is 136 Å². The molecule has 21 heteroatoms. The summed E-state index contributed by atoms with van der Waals surface area (Å²) < 4.78 is 44.5. The van der Waals surface area contributed by atoms with Crippen molar-refractivity contribution in [2.45, 2.75) is 12.8 Å². The second-order valence-corrected chi connectivity index (χ2v) is 39.0. The Labute approximate surface area is 809 Å². The van der Waals surface area contributed by atoms with Crippen molar-refractivity contribution in [2.75, 3.05) is 0 Å². The number of aromatic amines is 2. The number of hydrogen-bond acceptors (Lipinski definition) is 19. The summed E-state index contributed by atoms with van der Waals surface area (Å²) in [5.41, 5.74) is 16.2. The molecule has 2 aliphatic rings. The molecule has 656 valence electrons. The van der Waals surface area contributed by atoms with Crippen LogP contribution in [-0.4, -0.2) is 29.9 Å². The average Bonchev–Trinajstić information content (AvgIpc) is 1.56. The molecule has 0 atom stereocenters. The number of pyridine rings is 1. The molecule has 18 heterocycles. The molecule has 18 aromatic heterocycles. The van der Waals surface area contributed by atoms with Gasteiger partial charge >= 0.3 is 0 Å². The van der Waals surface area contributed by atoms with Gasteiger partial charge in [0.1, 0.15) is 22.5 Å². The van der Waals surface area contributed by atoms with Crippen molar-refractivity contribution in [3.05, 3.63) is 457 Å². The summed E-state index contributed by atoms with van der Waals surface area (Å²) in [7, 11) is 0. The van der Waals surface area contributed by atoms with Gasteiger partial charge in [-0.25, -0.2) is 9.97 Å². The number of allylic oxidation sites excluding steroid dienone is 2. The Kier molecular flexibility index (Phi) is 28.1. The molecule has 12 nitrogen and oxygen atoms in total. The summed E-state index contributed by atoms with van der Waals surface area (Å²) in [5.74, 6) is 1.03. The zero-order valence-electron chi connectivity index (χ0n) is 72.1. The van der Waals surface area contributed by atoms with Gasteiger partial charge < -0.3 is 36.5 Å². The Balaban J connectivity index is 0.0000000928. The van der Waals surface area contributed by atoms with Crippen LogP contribution in [0.2, 0.25) is 0 Å². The highest BCUT2D eigenvalue weighted by Crippen LogP contribution is 2.47. The fourth-order valence-corrected chi connectivity index (χ4v) is 24.5. The Hall–Kier alpha value is -15.0. The third-order valence-corrected chi connectivity index (χ3v) is 31.0. The Morgan fingerprint density at radius 3 is 1.34 bits per heavy atom. The fraction of sp³-hybridized carbons (Fsp3) is 0.0175. The average molecular weight is 1920 g/mol. The third-order valence-electron chi connectivity index (χ3n) is 22.0. The second kappa shape index (κ2) is 43.1. The van der Waals surface area contributed by atoms with Gasteiger partial charge in [-0.2, -0.15) is 0 Å². The Morgan fingerprint density at radius 1 is 0.281 bits per heavy atom. The normalized spacial score (nSPS) is 11.3. The molecule has 0 amide bonds. The summed E-state index contributed by atoms with van der Waals surface area (Å²) in [4.78, 5) is 24.6. The highest BCUT2D eigenvalue weighted by atomic mass is 32.1. The molecular weight excluding hydrogens is 1840 g/mol. The van der Waals surface area contributed by atoms with Crippen LogP contribution in [-0.2, 0) is 12.8 Å². The molecule has 0 aliphatic heterocycles. The summed E-state index contributed by atoms with van der Waals surface area (Å²) in [6.45, 7) is 0. The van der Waals surface area contributed by atoms with Crippen molar-refractivity contribution in [3.8, 4) is 0 Å². The molecule has 0 bridgehead atoms. The van der Waals surface area contributed by atoms with E-state index in [0.717, 1.165) is 67.1 Å². The van der Waals surface area contributed by atoms with E-state index in [-0.39, 0.29) is 0 Å². The molecule has 0 unspecified atom stereocenters. The maximum absolute atomic E-state index is 5.65. The van der Waals surface area contributed by atoms with Crippen LogP contribution in [0.5, 0.6) is 0 Å². The van der Waals surface area contributed by atoms with Gasteiger partial charge in [-0.15, -0.1) is 102 Å². The minimum absolute atomic E-state index is 0.810. The number of nitrogens with zero attached hydrogens (tertiary/aromatic N) is 4. The van der Waals surface area contributed by atoms with Crippen LogP contribution in [0.3, 0.4) is 0 Å². The number of rotatable bonds is 0. The smallest absolute Gasteiger partial charge is 0.172 e. The van der Waals surface area contributed by atoms with E-state index in [1.54, 1.807) is 118 Å². The van der Waals surface area contributed by atoms with Crippen molar-refractivity contribution < 1.29 is 26.5 Å². The van der Waals surface area contributed by atoms with Crippen LogP contribution in [0, 0.1) is 0 Å². The molecule has 30 aromatic rings. The highest BCUT2D eigenvalue weighted by Gasteiger charge is 2.16. The van der Waals surface area contributed by atoms with E-state index in [2.05, 4.69) is 276 Å². The van der Waals surface area contributed by atoms with Crippen LogP contribution in [0.15, 0.2) is 461 Å². The largest absolute Gasteiger partial charge is 0.473 e. The number of furan rings is 6. The topological polar surface area (TPSA) is 162 Å². The van der Waals surface area contributed by atoms with Gasteiger partial charge in [-0.05, 0) is 189 Å². The van der Waals surface area contributed by atoms with Crippen molar-refractivity contribution >= 4 is 291 Å². The first-order valence-corrected chi connectivity index (χ1v) is 51.0. The third kappa shape index (κ3) is 21.1. The number of aromatic nitrogens is 6. The molecule has 2 N–H and O–H groups in total. The Bertz CT molecular complexity index is 8240. The Morgan fingerprint density at radius 2 is 0.770 bits per heavy atom. The first kappa shape index (κ1) is 88.0. The predicted octanol–water partition coefficient (Wildman–Crippen LogP) is 37.0. The van der Waals surface area contributed by atoms with E-state index < -0.39 is 0 Å². The van der Waals surface area contributed by atoms with E-state index >= 15 is 0 Å². The predicted molar refractivity (Wildman–Crippen MR) is 581 cm³/mol. The van der Waals surface area contributed by atoms with Gasteiger partial charge in [0.15, 0.2) is 20.8 Å². The van der Waals surface area contributed by atoms with Gasteiger partial charge in [0.05, 0.1) is 78.4 Å². The molecular formula is C114H80N6O6S9. The lowest BCUT2D eigenvalue weighted by atomic mass is 10.1. The zero-order chi connectivity index (χ0) is 90.5. The number of thiazole rings is 3. The van der Waals surface area contributed by atoms with Crippen LogP contribution >= 0.6 is 102 Å². The lowest BCUT2D eigenvalue weighted by Gasteiger charge is -2.01. The number of hydrogen-bond donors (Lipinski definition) is 2. The highest BCUT2D eigenvalue weighted by molar-refractivity contribution is 7.37. The van der Waals surface area contributed by atoms with Crippen molar-refractivity contribution in [1.29, 1.82) is 0 Å². The zero-order valence-corrected chi connectivity index (χ0v) is 79.4. The standard InChI is InChI=1S/C22H12S2.C14H8S2.C13H9N.C12H8O.C8H7N.C8H6O.C7H7N.C7H6O.C6H4O2.C6H4S2.C4H2N2S2.C4H4O.C3H3NS/c1-3-7-15-11-19-17(9-13(15)5-1)21-22(23-19)18-10-14-6-2-4-8-16(14)12-20(18)24-21;1-3-7-11-9(5-1)13-14(15-11)10-6-2-4-8-12(10)16-13;1-2-6-12-10(4-1)7-8-11-5-3-9-14-13(11)12;1-3-7-11-9(5-1)10-6-2-4-8-12(10)13-11;2*1-2-4-8-7(3-1)5-6-9-8;2*1-2-6-4-5-8-7(6)3-1;2*1-3-7-6-2-4-8-5(1)6;1-5-3-4(7-1)6-2-8-3;1-2-4-5-3-1;1-2-5-3-4-1/h1-12H;1-8H;1-9H;1-8H;1-6,9H;1-6H;1,3-5,8H,2H2;1,3-5H,2H2;2*1-4H;1-2H;1-4H;1-3H. The lowest BCUT2D eigenvalue weighted by molar-refractivity contribution is 0.556. The van der Waals surface area contributed by atoms with E-state index in [1.165, 1.54) is 145 Å². The van der Waals surface area contributed by atoms with Gasteiger partial charge in [0.2, 0.25) is 0 Å². The number of H-pyrrole nitrogens is 2. The minimum Gasteiger partial charge on any atom is -0.473 e. The first-order chi connectivity index (χ1) is 67.0. The van der Waals surface area contributed by atoms with Gasteiger partial charge in [-0.3, -0.25) is 9.97 Å². The molecule has 0 spiro atoms. The second-order valence-electron chi connectivity index (χ2n) is 30.5. The van der Waals surface area contributed by atoms with Crippen LogP contribution in [0.1, 0.15) is 22.6 Å². The number of para-hydroxylation sites is 4. The maximum atomic E-state index is 5.65. The lowest BCUT2D eigenvalue weighted by Crippen LogP contribution is -1.79. The minimum atomic E-state index is 0.810. The maximum Gasteiger partial charge on any atom is 0.172 e. The number of thiophene rings is 6. The first-order valence-electron chi connectivity index (χ1n) is 43.2. The van der Waals surface area contributed by atoms with Gasteiger partial charge in [0.25, 0.3) is 0 Å². The van der Waals surface area contributed by atoms with Crippen LogP contribution in [0.4, 0.5) is 0 Å².